The summed E-state index contributed by atoms with van der Waals surface area (Å²) in [6.07, 6.45) is 1.57. The van der Waals surface area contributed by atoms with Crippen molar-refractivity contribution in [2.45, 2.75) is 0 Å². The Kier molecular flexibility index (Phi) is 4.99. The van der Waals surface area contributed by atoms with Gasteiger partial charge in [0.1, 0.15) is 11.3 Å². The normalized spacial score (nSPS) is 13.6. The van der Waals surface area contributed by atoms with E-state index in [0.717, 1.165) is 21.4 Å². The van der Waals surface area contributed by atoms with Crippen LogP contribution in [0.5, 0.6) is 11.6 Å². The van der Waals surface area contributed by atoms with Crippen molar-refractivity contribution in [2.24, 2.45) is 4.99 Å². The summed E-state index contributed by atoms with van der Waals surface area (Å²) in [6, 6.07) is 23.8. The molecule has 33 heavy (non-hydrogen) atoms. The second-order valence-electron chi connectivity index (χ2n) is 7.44. The zero-order valence-electron chi connectivity index (χ0n) is 17.6. The summed E-state index contributed by atoms with van der Waals surface area (Å²) in [5.74, 6) is 0.0365. The number of ether oxygens (including phenoxy) is 1. The fourth-order valence-corrected chi connectivity index (χ4v) is 3.87. The largest absolute Gasteiger partial charge is 0.497 e. The number of allylic oxidation sites excluding steroid dienone is 1. The van der Waals surface area contributed by atoms with Crippen LogP contribution in [0.25, 0.3) is 17.3 Å². The first-order valence-corrected chi connectivity index (χ1v) is 10.2. The molecule has 5 rings (SSSR count). The molecule has 0 aliphatic carbocycles. The van der Waals surface area contributed by atoms with Gasteiger partial charge in [0.25, 0.3) is 5.56 Å². The van der Waals surface area contributed by atoms with E-state index >= 15 is 0 Å². The second-order valence-corrected chi connectivity index (χ2v) is 7.44. The molecule has 0 fully saturated rings. The highest BCUT2D eigenvalue weighted by Gasteiger charge is 2.24. The molecule has 1 aliphatic rings. The van der Waals surface area contributed by atoms with Gasteiger partial charge in [-0.05, 0) is 24.3 Å². The number of aromatic hydroxyl groups is 1. The fraction of sp³-hybridized carbons (Fsp3) is 0.0385. The highest BCUT2D eigenvalue weighted by molar-refractivity contribution is 6.39. The molecule has 0 saturated heterocycles. The summed E-state index contributed by atoms with van der Waals surface area (Å²) < 4.78 is 6.26. The summed E-state index contributed by atoms with van der Waals surface area (Å²) in [5.41, 5.74) is 2.68. The van der Waals surface area contributed by atoms with Crippen molar-refractivity contribution in [3.05, 3.63) is 116 Å². The molecule has 0 atom stereocenters. The first kappa shape index (κ1) is 20.3. The third kappa shape index (κ3) is 3.55. The minimum absolute atomic E-state index is 0.0484. The highest BCUT2D eigenvalue weighted by atomic mass is 16.5. The Morgan fingerprint density at radius 2 is 1.73 bits per heavy atom. The van der Waals surface area contributed by atoms with Crippen LogP contribution in [0.4, 0.5) is 5.69 Å². The first-order chi connectivity index (χ1) is 16.1. The minimum Gasteiger partial charge on any atom is -0.497 e. The lowest BCUT2D eigenvalue weighted by atomic mass is 9.96. The second kappa shape index (κ2) is 8.12. The van der Waals surface area contributed by atoms with E-state index in [4.69, 9.17) is 9.73 Å². The van der Waals surface area contributed by atoms with Gasteiger partial charge in [-0.1, -0.05) is 54.6 Å². The average Bonchev–Trinajstić information content (AvgIpc) is 3.21. The van der Waals surface area contributed by atoms with Crippen LogP contribution < -0.4 is 16.0 Å². The predicted octanol–water partition coefficient (Wildman–Crippen LogP) is 3.92. The molecule has 3 aromatic carbocycles. The molecule has 0 amide bonds. The Labute approximate surface area is 188 Å². The molecule has 4 aromatic rings. The molecule has 2 N–H and O–H groups in total. The van der Waals surface area contributed by atoms with Gasteiger partial charge in [0.2, 0.25) is 5.88 Å². The molecule has 0 bridgehead atoms. The lowest BCUT2D eigenvalue weighted by molar-refractivity contribution is 0.412. The van der Waals surface area contributed by atoms with Gasteiger partial charge >= 0.3 is 5.69 Å². The SMILES string of the molecule is COc1cccc(-n2c(O)c(/C=C3/C(c4ccccc4)=Nc4ccccc43)c(=O)[nH]c2=O)c1. The monoisotopic (exact) mass is 437 g/mol. The lowest BCUT2D eigenvalue weighted by Gasteiger charge is -2.12. The van der Waals surface area contributed by atoms with E-state index in [2.05, 4.69) is 4.98 Å². The van der Waals surface area contributed by atoms with Gasteiger partial charge in [-0.25, -0.2) is 14.4 Å². The maximum absolute atomic E-state index is 12.8. The summed E-state index contributed by atoms with van der Waals surface area (Å²) in [4.78, 5) is 32.4. The third-order valence-corrected chi connectivity index (χ3v) is 5.45. The number of hydrogen-bond acceptors (Lipinski definition) is 5. The van der Waals surface area contributed by atoms with E-state index in [1.165, 1.54) is 7.11 Å². The number of nitrogens with one attached hydrogen (secondary N) is 1. The molecular weight excluding hydrogens is 418 g/mol. The summed E-state index contributed by atoms with van der Waals surface area (Å²) in [5, 5.41) is 11.1. The van der Waals surface area contributed by atoms with Crippen LogP contribution in [0, 0.1) is 0 Å². The van der Waals surface area contributed by atoms with Crippen LogP contribution in [0.15, 0.2) is 93.4 Å². The van der Waals surface area contributed by atoms with Gasteiger partial charge < -0.3 is 9.84 Å². The van der Waals surface area contributed by atoms with Gasteiger partial charge in [-0.3, -0.25) is 9.78 Å². The molecule has 2 heterocycles. The number of rotatable bonds is 4. The Morgan fingerprint density at radius 3 is 2.52 bits per heavy atom. The minimum atomic E-state index is -0.753. The van der Waals surface area contributed by atoms with E-state index in [0.29, 0.717) is 22.7 Å². The number of H-pyrrole nitrogens is 1. The zero-order valence-corrected chi connectivity index (χ0v) is 17.6. The molecule has 0 radical (unpaired) electrons. The van der Waals surface area contributed by atoms with Crippen molar-refractivity contribution in [3.63, 3.8) is 0 Å². The zero-order chi connectivity index (χ0) is 22.9. The maximum atomic E-state index is 12.8. The smallest absolute Gasteiger partial charge is 0.335 e. The van der Waals surface area contributed by atoms with Crippen molar-refractivity contribution in [1.29, 1.82) is 0 Å². The number of nitrogens with zero attached hydrogens (tertiary/aromatic N) is 2. The van der Waals surface area contributed by atoms with Crippen LogP contribution in [0.1, 0.15) is 16.7 Å². The van der Waals surface area contributed by atoms with Gasteiger partial charge in [-0.2, -0.15) is 0 Å². The molecule has 1 aliphatic heterocycles. The molecule has 0 spiro atoms. The number of aromatic nitrogens is 2. The van der Waals surface area contributed by atoms with Crippen LogP contribution in [-0.2, 0) is 0 Å². The number of hydrogen-bond donors (Lipinski definition) is 2. The predicted molar refractivity (Wildman–Crippen MR) is 128 cm³/mol. The number of para-hydroxylation sites is 1. The van der Waals surface area contributed by atoms with Gasteiger partial charge in [0, 0.05) is 22.8 Å². The fourth-order valence-electron chi connectivity index (χ4n) is 3.87. The lowest BCUT2D eigenvalue weighted by Crippen LogP contribution is -2.30. The van der Waals surface area contributed by atoms with Crippen molar-refractivity contribution >= 4 is 23.0 Å². The molecule has 0 unspecified atom stereocenters. The third-order valence-electron chi connectivity index (χ3n) is 5.45. The standard InChI is InChI=1S/C26H19N3O4/c1-33-18-11-7-10-17(14-18)29-25(31)21(24(30)28-26(29)32)15-20-19-12-5-6-13-22(19)27-23(20)16-8-3-2-4-9-16/h2-15,31H,1H3,(H,28,30,32)/b20-15+. The van der Waals surface area contributed by atoms with E-state index in [1.807, 2.05) is 54.6 Å². The van der Waals surface area contributed by atoms with Gasteiger partial charge in [0.15, 0.2) is 0 Å². The van der Waals surface area contributed by atoms with Gasteiger partial charge in [0.05, 0.1) is 24.2 Å². The first-order valence-electron chi connectivity index (χ1n) is 10.2. The summed E-state index contributed by atoms with van der Waals surface area (Å²) >= 11 is 0. The Morgan fingerprint density at radius 1 is 0.970 bits per heavy atom. The average molecular weight is 437 g/mol. The van der Waals surface area contributed by atoms with Crippen LogP contribution in [0.3, 0.4) is 0 Å². The van der Waals surface area contributed by atoms with Crippen molar-refractivity contribution in [2.75, 3.05) is 7.11 Å². The van der Waals surface area contributed by atoms with E-state index in [-0.39, 0.29) is 5.56 Å². The van der Waals surface area contributed by atoms with Crippen LogP contribution in [0.2, 0.25) is 0 Å². The molecule has 1 aromatic heterocycles. The van der Waals surface area contributed by atoms with Crippen molar-refractivity contribution in [1.82, 2.24) is 9.55 Å². The molecule has 162 valence electrons. The van der Waals surface area contributed by atoms with Crippen LogP contribution in [-0.4, -0.2) is 27.5 Å². The maximum Gasteiger partial charge on any atom is 0.335 e. The van der Waals surface area contributed by atoms with Crippen LogP contribution >= 0.6 is 0 Å². The molecule has 7 nitrogen and oxygen atoms in total. The number of benzene rings is 3. The summed E-state index contributed by atoms with van der Waals surface area (Å²) in [7, 11) is 1.51. The Balaban J connectivity index is 1.74. The van der Waals surface area contributed by atoms with Gasteiger partial charge in [-0.15, -0.1) is 0 Å². The number of fused-ring (bicyclic) bond motifs is 1. The van der Waals surface area contributed by atoms with E-state index < -0.39 is 17.1 Å². The van der Waals surface area contributed by atoms with Crippen molar-refractivity contribution in [3.8, 4) is 17.3 Å². The van der Waals surface area contributed by atoms with E-state index in [1.54, 1.807) is 30.3 Å². The molecular formula is C26H19N3O4. The summed E-state index contributed by atoms with van der Waals surface area (Å²) in [6.45, 7) is 0. The quantitative estimate of drug-likeness (QED) is 0.506. The van der Waals surface area contributed by atoms with Crippen molar-refractivity contribution < 1.29 is 9.84 Å². The topological polar surface area (TPSA) is 96.7 Å². The number of aliphatic imine (C=N–C) groups is 1. The molecule has 7 heteroatoms. The highest BCUT2D eigenvalue weighted by Crippen LogP contribution is 2.38. The number of aromatic amines is 1. The molecule has 0 saturated carbocycles. The Bertz CT molecular complexity index is 1550. The Hall–Kier alpha value is -4.65. The van der Waals surface area contributed by atoms with E-state index in [9.17, 15) is 14.7 Å². The number of methoxy groups -OCH3 is 1.